The Kier molecular flexibility index (Phi) is 6.27. The Bertz CT molecular complexity index is 824. The highest BCUT2D eigenvalue weighted by Gasteiger charge is 2.14. The molecule has 138 valence electrons. The SMILES string of the molecule is CCN(CC(=O)Nc1cc(C(=O)OC)ccc1C)c1ccc(F)c(F)c1. The molecule has 2 aromatic rings. The van der Waals surface area contributed by atoms with E-state index >= 15 is 0 Å². The van der Waals surface area contributed by atoms with Crippen LogP contribution in [0.1, 0.15) is 22.8 Å². The zero-order valence-corrected chi connectivity index (χ0v) is 14.8. The van der Waals surface area contributed by atoms with E-state index in [0.717, 1.165) is 17.7 Å². The van der Waals surface area contributed by atoms with Crippen LogP contribution in [0.5, 0.6) is 0 Å². The van der Waals surface area contributed by atoms with Crippen molar-refractivity contribution < 1.29 is 23.1 Å². The molecule has 0 heterocycles. The quantitative estimate of drug-likeness (QED) is 0.799. The maximum atomic E-state index is 13.4. The maximum absolute atomic E-state index is 13.4. The van der Waals surface area contributed by atoms with Gasteiger partial charge in [-0.25, -0.2) is 13.6 Å². The van der Waals surface area contributed by atoms with Gasteiger partial charge in [0.05, 0.1) is 19.2 Å². The number of likely N-dealkylation sites (N-methyl/N-ethyl adjacent to an activating group) is 1. The third-order valence-electron chi connectivity index (χ3n) is 3.92. The van der Waals surface area contributed by atoms with Crippen molar-refractivity contribution in [3.63, 3.8) is 0 Å². The molecule has 0 bridgehead atoms. The van der Waals surface area contributed by atoms with Crippen LogP contribution in [0.15, 0.2) is 36.4 Å². The summed E-state index contributed by atoms with van der Waals surface area (Å²) in [7, 11) is 1.28. The van der Waals surface area contributed by atoms with Crippen molar-refractivity contribution >= 4 is 23.3 Å². The van der Waals surface area contributed by atoms with E-state index in [1.807, 2.05) is 0 Å². The van der Waals surface area contributed by atoms with Crippen LogP contribution in [0.4, 0.5) is 20.2 Å². The second kappa shape index (κ2) is 8.42. The van der Waals surface area contributed by atoms with E-state index in [-0.39, 0.29) is 12.5 Å². The van der Waals surface area contributed by atoms with Crippen LogP contribution in [0.2, 0.25) is 0 Å². The Balaban J connectivity index is 2.14. The van der Waals surface area contributed by atoms with E-state index in [2.05, 4.69) is 10.1 Å². The smallest absolute Gasteiger partial charge is 0.337 e. The number of carbonyl (C=O) groups is 2. The van der Waals surface area contributed by atoms with Crippen molar-refractivity contribution in [1.29, 1.82) is 0 Å². The highest BCUT2D eigenvalue weighted by atomic mass is 19.2. The van der Waals surface area contributed by atoms with Crippen LogP contribution >= 0.6 is 0 Å². The number of amides is 1. The molecule has 5 nitrogen and oxygen atoms in total. The molecule has 1 amide bonds. The Morgan fingerprint density at radius 1 is 1.12 bits per heavy atom. The topological polar surface area (TPSA) is 58.6 Å². The summed E-state index contributed by atoms with van der Waals surface area (Å²) in [4.78, 5) is 25.6. The number of anilines is 2. The number of rotatable bonds is 6. The van der Waals surface area contributed by atoms with E-state index in [0.29, 0.717) is 23.5 Å². The van der Waals surface area contributed by atoms with Crippen molar-refractivity contribution in [2.24, 2.45) is 0 Å². The lowest BCUT2D eigenvalue weighted by molar-refractivity contribution is -0.115. The van der Waals surface area contributed by atoms with Gasteiger partial charge in [0.25, 0.3) is 0 Å². The van der Waals surface area contributed by atoms with Gasteiger partial charge in [0.2, 0.25) is 5.91 Å². The fourth-order valence-corrected chi connectivity index (χ4v) is 2.43. The molecule has 0 saturated carbocycles. The first-order valence-corrected chi connectivity index (χ1v) is 8.04. The van der Waals surface area contributed by atoms with Crippen molar-refractivity contribution in [3.05, 3.63) is 59.2 Å². The van der Waals surface area contributed by atoms with Gasteiger partial charge in [-0.2, -0.15) is 0 Å². The highest BCUT2D eigenvalue weighted by molar-refractivity contribution is 5.97. The van der Waals surface area contributed by atoms with Crippen molar-refractivity contribution in [2.45, 2.75) is 13.8 Å². The average molecular weight is 362 g/mol. The first-order chi connectivity index (χ1) is 12.3. The molecule has 0 unspecified atom stereocenters. The van der Waals surface area contributed by atoms with Gasteiger partial charge in [-0.05, 0) is 43.7 Å². The van der Waals surface area contributed by atoms with Gasteiger partial charge >= 0.3 is 5.97 Å². The number of carbonyl (C=O) groups excluding carboxylic acids is 2. The molecule has 0 aliphatic rings. The predicted octanol–water partition coefficient (Wildman–Crippen LogP) is 3.52. The Hall–Kier alpha value is -2.96. The first-order valence-electron chi connectivity index (χ1n) is 8.04. The molecule has 0 fully saturated rings. The molecule has 0 radical (unpaired) electrons. The van der Waals surface area contributed by atoms with Crippen LogP contribution in [0.25, 0.3) is 0 Å². The van der Waals surface area contributed by atoms with Gasteiger partial charge in [0.1, 0.15) is 0 Å². The minimum Gasteiger partial charge on any atom is -0.465 e. The average Bonchev–Trinajstić information content (AvgIpc) is 2.63. The molecule has 26 heavy (non-hydrogen) atoms. The summed E-state index contributed by atoms with van der Waals surface area (Å²) in [5, 5.41) is 2.73. The highest BCUT2D eigenvalue weighted by Crippen LogP contribution is 2.20. The molecule has 0 saturated heterocycles. The van der Waals surface area contributed by atoms with Crippen molar-refractivity contribution in [3.8, 4) is 0 Å². The number of hydrogen-bond donors (Lipinski definition) is 1. The lowest BCUT2D eigenvalue weighted by Crippen LogP contribution is -2.33. The second-order valence-electron chi connectivity index (χ2n) is 5.68. The fourth-order valence-electron chi connectivity index (χ4n) is 2.43. The number of ether oxygens (including phenoxy) is 1. The zero-order valence-electron chi connectivity index (χ0n) is 14.8. The number of aryl methyl sites for hydroxylation is 1. The maximum Gasteiger partial charge on any atom is 0.337 e. The Morgan fingerprint density at radius 3 is 2.46 bits per heavy atom. The Morgan fingerprint density at radius 2 is 1.85 bits per heavy atom. The molecule has 0 aromatic heterocycles. The van der Waals surface area contributed by atoms with E-state index < -0.39 is 17.6 Å². The summed E-state index contributed by atoms with van der Waals surface area (Å²) in [6, 6.07) is 8.33. The molecular formula is C19H20F2N2O3. The second-order valence-corrected chi connectivity index (χ2v) is 5.68. The minimum absolute atomic E-state index is 0.0521. The first kappa shape index (κ1) is 19.4. The fraction of sp³-hybridized carbons (Fsp3) is 0.263. The van der Waals surface area contributed by atoms with E-state index in [9.17, 15) is 18.4 Å². The minimum atomic E-state index is -0.969. The summed E-state index contributed by atoms with van der Waals surface area (Å²) >= 11 is 0. The largest absolute Gasteiger partial charge is 0.465 e. The molecule has 1 N–H and O–H groups in total. The summed E-state index contributed by atoms with van der Waals surface area (Å²) in [6.07, 6.45) is 0. The number of nitrogens with zero attached hydrogens (tertiary/aromatic N) is 1. The third-order valence-corrected chi connectivity index (χ3v) is 3.92. The number of methoxy groups -OCH3 is 1. The summed E-state index contributed by atoms with van der Waals surface area (Å²) in [6.45, 7) is 3.98. The zero-order chi connectivity index (χ0) is 19.3. The molecular weight excluding hydrogens is 342 g/mol. The van der Waals surface area contributed by atoms with Crippen LogP contribution in [-0.2, 0) is 9.53 Å². The monoisotopic (exact) mass is 362 g/mol. The van der Waals surface area contributed by atoms with Crippen LogP contribution in [0.3, 0.4) is 0 Å². The molecule has 2 rings (SSSR count). The van der Waals surface area contributed by atoms with Crippen LogP contribution in [-0.4, -0.2) is 32.1 Å². The number of benzene rings is 2. The van der Waals surface area contributed by atoms with Crippen LogP contribution in [0, 0.1) is 18.6 Å². The lowest BCUT2D eigenvalue weighted by Gasteiger charge is -2.23. The number of nitrogens with one attached hydrogen (secondary N) is 1. The summed E-state index contributed by atoms with van der Waals surface area (Å²) in [5.41, 5.74) is 1.99. The molecule has 7 heteroatoms. The molecule has 0 aliphatic heterocycles. The van der Waals surface area contributed by atoms with Gasteiger partial charge in [0.15, 0.2) is 11.6 Å². The van der Waals surface area contributed by atoms with E-state index in [1.54, 1.807) is 30.9 Å². The van der Waals surface area contributed by atoms with Crippen molar-refractivity contribution in [2.75, 3.05) is 30.4 Å². The summed E-state index contributed by atoms with van der Waals surface area (Å²) in [5.74, 6) is -2.76. The third kappa shape index (κ3) is 4.56. The van der Waals surface area contributed by atoms with Gasteiger partial charge in [-0.15, -0.1) is 0 Å². The van der Waals surface area contributed by atoms with Gasteiger partial charge in [-0.1, -0.05) is 6.07 Å². The van der Waals surface area contributed by atoms with Crippen LogP contribution < -0.4 is 10.2 Å². The molecule has 0 spiro atoms. The molecule has 2 aromatic carbocycles. The molecule has 0 aliphatic carbocycles. The van der Waals surface area contributed by atoms with Crippen molar-refractivity contribution in [1.82, 2.24) is 0 Å². The van der Waals surface area contributed by atoms with Gasteiger partial charge < -0.3 is 15.0 Å². The van der Waals surface area contributed by atoms with Gasteiger partial charge in [0, 0.05) is 24.0 Å². The summed E-state index contributed by atoms with van der Waals surface area (Å²) < 4.78 is 31.2. The Labute approximate surface area is 150 Å². The number of halogens is 2. The van der Waals surface area contributed by atoms with Gasteiger partial charge in [-0.3, -0.25) is 4.79 Å². The lowest BCUT2D eigenvalue weighted by atomic mass is 10.1. The number of hydrogen-bond acceptors (Lipinski definition) is 4. The van der Waals surface area contributed by atoms with E-state index in [1.165, 1.54) is 19.2 Å². The normalized spacial score (nSPS) is 10.3. The predicted molar refractivity (Wildman–Crippen MR) is 95.4 cm³/mol. The number of esters is 1. The molecule has 0 atom stereocenters. The van der Waals surface area contributed by atoms with E-state index in [4.69, 9.17) is 0 Å². The standard InChI is InChI=1S/C19H20F2N2O3/c1-4-23(14-7-8-15(20)16(21)10-14)11-18(24)22-17-9-13(19(25)26-3)6-5-12(17)2/h5-10H,4,11H2,1-3H3,(H,22,24).